The van der Waals surface area contributed by atoms with Crippen LogP contribution in [0, 0.1) is 6.92 Å². The van der Waals surface area contributed by atoms with Crippen LogP contribution in [0.1, 0.15) is 28.7 Å². The Morgan fingerprint density at radius 2 is 2.05 bits per heavy atom. The van der Waals surface area contributed by atoms with E-state index in [1.807, 2.05) is 13.0 Å². The molecule has 3 nitrogen and oxygen atoms in total. The second-order valence-corrected chi connectivity index (χ2v) is 5.24. The number of nitrogens with zero attached hydrogens (tertiary/aromatic N) is 1. The molecule has 0 atom stereocenters. The van der Waals surface area contributed by atoms with Crippen molar-refractivity contribution in [3.63, 3.8) is 0 Å². The summed E-state index contributed by atoms with van der Waals surface area (Å²) in [6, 6.07) is 8.74. The van der Waals surface area contributed by atoms with E-state index in [4.69, 9.17) is 5.73 Å². The number of hydrogen-bond acceptors (Lipinski definition) is 3. The van der Waals surface area contributed by atoms with Gasteiger partial charge in [-0.05, 0) is 54.5 Å². The average molecular weight is 253 g/mol. The molecule has 0 fully saturated rings. The summed E-state index contributed by atoms with van der Waals surface area (Å²) in [6.45, 7) is 2.83. The monoisotopic (exact) mass is 253 g/mol. The molecule has 2 aromatic rings. The largest absolute Gasteiger partial charge is 0.397 e. The number of nitrogens with one attached hydrogen (secondary N) is 1. The number of nitrogens with two attached hydrogens (primary N) is 1. The molecule has 1 aliphatic rings. The van der Waals surface area contributed by atoms with Gasteiger partial charge in [0.2, 0.25) is 0 Å². The second-order valence-electron chi connectivity index (χ2n) is 5.24. The molecular weight excluding hydrogens is 234 g/mol. The van der Waals surface area contributed by atoms with Crippen molar-refractivity contribution in [1.82, 2.24) is 4.98 Å². The zero-order valence-corrected chi connectivity index (χ0v) is 11.2. The molecule has 0 aliphatic heterocycles. The van der Waals surface area contributed by atoms with Gasteiger partial charge in [0, 0.05) is 6.54 Å². The standard InChI is InChI=1S/C16H19N3/c1-11-7-15(17)10-19-16(11)18-9-12-5-6-13-3-2-4-14(13)8-12/h5-8,10H,2-4,9,17H2,1H3,(H,18,19). The van der Waals surface area contributed by atoms with Gasteiger partial charge in [-0.1, -0.05) is 18.2 Å². The first-order valence-corrected chi connectivity index (χ1v) is 6.79. The summed E-state index contributed by atoms with van der Waals surface area (Å²) in [6.07, 6.45) is 5.45. The normalized spacial score (nSPS) is 13.3. The van der Waals surface area contributed by atoms with Gasteiger partial charge in [-0.25, -0.2) is 4.98 Å². The van der Waals surface area contributed by atoms with Crippen LogP contribution in [0.4, 0.5) is 11.5 Å². The number of benzene rings is 1. The Hall–Kier alpha value is -2.03. The fourth-order valence-corrected chi connectivity index (χ4v) is 2.70. The number of hydrogen-bond donors (Lipinski definition) is 2. The molecule has 0 amide bonds. The molecular formula is C16H19N3. The minimum atomic E-state index is 0.709. The molecule has 1 aliphatic carbocycles. The summed E-state index contributed by atoms with van der Waals surface area (Å²) in [5, 5.41) is 3.38. The zero-order valence-electron chi connectivity index (χ0n) is 11.2. The Morgan fingerprint density at radius 1 is 1.21 bits per heavy atom. The van der Waals surface area contributed by atoms with Crippen LogP contribution in [-0.2, 0) is 19.4 Å². The molecule has 0 saturated heterocycles. The highest BCUT2D eigenvalue weighted by atomic mass is 15.0. The van der Waals surface area contributed by atoms with E-state index in [2.05, 4.69) is 28.5 Å². The maximum absolute atomic E-state index is 5.71. The quantitative estimate of drug-likeness (QED) is 0.884. The Morgan fingerprint density at radius 3 is 2.89 bits per heavy atom. The molecule has 0 spiro atoms. The van der Waals surface area contributed by atoms with E-state index in [9.17, 15) is 0 Å². The van der Waals surface area contributed by atoms with Crippen molar-refractivity contribution in [3.8, 4) is 0 Å². The average Bonchev–Trinajstić information content (AvgIpc) is 2.85. The maximum atomic E-state index is 5.71. The van der Waals surface area contributed by atoms with Crippen LogP contribution in [0.25, 0.3) is 0 Å². The Kier molecular flexibility index (Phi) is 3.11. The highest BCUT2D eigenvalue weighted by Crippen LogP contribution is 2.23. The third kappa shape index (κ3) is 2.55. The minimum absolute atomic E-state index is 0.709. The molecule has 19 heavy (non-hydrogen) atoms. The third-order valence-corrected chi connectivity index (χ3v) is 3.72. The van der Waals surface area contributed by atoms with Crippen LogP contribution in [0.15, 0.2) is 30.5 Å². The van der Waals surface area contributed by atoms with Crippen LogP contribution in [-0.4, -0.2) is 4.98 Å². The van der Waals surface area contributed by atoms with E-state index in [1.54, 1.807) is 6.20 Å². The number of fused-ring (bicyclic) bond motifs is 1. The van der Waals surface area contributed by atoms with Crippen LogP contribution in [0.5, 0.6) is 0 Å². The van der Waals surface area contributed by atoms with Crippen molar-refractivity contribution in [1.29, 1.82) is 0 Å². The SMILES string of the molecule is Cc1cc(N)cnc1NCc1ccc2c(c1)CCC2. The predicted molar refractivity (Wildman–Crippen MR) is 79.2 cm³/mol. The lowest BCUT2D eigenvalue weighted by Crippen LogP contribution is -2.04. The first-order chi connectivity index (χ1) is 9.22. The molecule has 3 heteroatoms. The number of nitrogen functional groups attached to an aromatic ring is 1. The molecule has 0 saturated carbocycles. The van der Waals surface area contributed by atoms with Gasteiger partial charge in [-0.15, -0.1) is 0 Å². The smallest absolute Gasteiger partial charge is 0.129 e. The molecule has 3 N–H and O–H groups in total. The van der Waals surface area contributed by atoms with Gasteiger partial charge in [0.25, 0.3) is 0 Å². The highest BCUT2D eigenvalue weighted by molar-refractivity contribution is 5.51. The van der Waals surface area contributed by atoms with Crippen LogP contribution >= 0.6 is 0 Å². The van der Waals surface area contributed by atoms with Gasteiger partial charge >= 0.3 is 0 Å². The summed E-state index contributed by atoms with van der Waals surface area (Å²) in [5.41, 5.74) is 11.9. The lowest BCUT2D eigenvalue weighted by atomic mass is 10.1. The van der Waals surface area contributed by atoms with Crippen molar-refractivity contribution >= 4 is 11.5 Å². The predicted octanol–water partition coefficient (Wildman–Crippen LogP) is 3.07. The number of rotatable bonds is 3. The number of anilines is 2. The molecule has 3 rings (SSSR count). The molecule has 1 aromatic carbocycles. The summed E-state index contributed by atoms with van der Waals surface area (Å²) < 4.78 is 0. The molecule has 0 bridgehead atoms. The summed E-state index contributed by atoms with van der Waals surface area (Å²) in [5.74, 6) is 0.912. The van der Waals surface area contributed by atoms with Gasteiger partial charge in [-0.2, -0.15) is 0 Å². The summed E-state index contributed by atoms with van der Waals surface area (Å²) in [4.78, 5) is 4.33. The molecule has 1 heterocycles. The molecule has 98 valence electrons. The Labute approximate surface area is 113 Å². The Balaban J connectivity index is 1.72. The van der Waals surface area contributed by atoms with E-state index in [1.165, 1.54) is 36.0 Å². The van der Waals surface area contributed by atoms with E-state index in [0.717, 1.165) is 17.9 Å². The van der Waals surface area contributed by atoms with Crippen molar-refractivity contribution in [3.05, 3.63) is 52.7 Å². The first kappa shape index (κ1) is 12.0. The van der Waals surface area contributed by atoms with Crippen LogP contribution in [0.2, 0.25) is 0 Å². The minimum Gasteiger partial charge on any atom is -0.397 e. The van der Waals surface area contributed by atoms with Crippen LogP contribution < -0.4 is 11.1 Å². The van der Waals surface area contributed by atoms with Crippen molar-refractivity contribution in [2.45, 2.75) is 32.7 Å². The third-order valence-electron chi connectivity index (χ3n) is 3.72. The van der Waals surface area contributed by atoms with Crippen molar-refractivity contribution in [2.75, 3.05) is 11.1 Å². The van der Waals surface area contributed by atoms with Gasteiger partial charge in [0.05, 0.1) is 11.9 Å². The number of pyridine rings is 1. The molecule has 0 radical (unpaired) electrons. The lowest BCUT2D eigenvalue weighted by Gasteiger charge is -2.10. The molecule has 0 unspecified atom stereocenters. The number of aryl methyl sites for hydroxylation is 3. The highest BCUT2D eigenvalue weighted by Gasteiger charge is 2.10. The van der Waals surface area contributed by atoms with E-state index in [0.29, 0.717) is 5.69 Å². The van der Waals surface area contributed by atoms with Crippen LogP contribution in [0.3, 0.4) is 0 Å². The van der Waals surface area contributed by atoms with Crippen molar-refractivity contribution in [2.24, 2.45) is 0 Å². The van der Waals surface area contributed by atoms with E-state index in [-0.39, 0.29) is 0 Å². The second kappa shape index (κ2) is 4.92. The van der Waals surface area contributed by atoms with E-state index < -0.39 is 0 Å². The van der Waals surface area contributed by atoms with Gasteiger partial charge in [-0.3, -0.25) is 0 Å². The van der Waals surface area contributed by atoms with E-state index >= 15 is 0 Å². The zero-order chi connectivity index (χ0) is 13.2. The topological polar surface area (TPSA) is 50.9 Å². The Bertz CT molecular complexity index is 605. The number of aromatic nitrogens is 1. The van der Waals surface area contributed by atoms with Crippen molar-refractivity contribution < 1.29 is 0 Å². The molecule has 1 aromatic heterocycles. The fourth-order valence-electron chi connectivity index (χ4n) is 2.70. The van der Waals surface area contributed by atoms with Gasteiger partial charge < -0.3 is 11.1 Å². The lowest BCUT2D eigenvalue weighted by molar-refractivity contribution is 0.911. The first-order valence-electron chi connectivity index (χ1n) is 6.79. The van der Waals surface area contributed by atoms with Gasteiger partial charge in [0.1, 0.15) is 5.82 Å². The summed E-state index contributed by atoms with van der Waals surface area (Å²) in [7, 11) is 0. The maximum Gasteiger partial charge on any atom is 0.129 e. The fraction of sp³-hybridized carbons (Fsp3) is 0.312. The summed E-state index contributed by atoms with van der Waals surface area (Å²) >= 11 is 0. The van der Waals surface area contributed by atoms with Gasteiger partial charge in [0.15, 0.2) is 0 Å².